The van der Waals surface area contributed by atoms with Crippen molar-refractivity contribution in [1.29, 1.82) is 0 Å². The van der Waals surface area contributed by atoms with Crippen LogP contribution in [0.2, 0.25) is 0 Å². The van der Waals surface area contributed by atoms with E-state index in [4.69, 9.17) is 18.9 Å². The topological polar surface area (TPSA) is 36.9 Å². The fourth-order valence-electron chi connectivity index (χ4n) is 5.06. The molecule has 28 heavy (non-hydrogen) atoms. The standard InChI is InChI=1S/C24H22O4/c1-25-15-9-5-7-13-19(15)21-14-8-6-10-16(26-2)20(14)22(13)24-18(28-4)12-11-17(27-3)23(21)24/h5-12,21-22H,1-4H3. The maximum atomic E-state index is 5.80. The Bertz CT molecular complexity index is 1000. The molecule has 0 fully saturated rings. The third-order valence-corrected chi connectivity index (χ3v) is 6.06. The van der Waals surface area contributed by atoms with Crippen molar-refractivity contribution in [1.82, 2.24) is 0 Å². The zero-order valence-corrected chi connectivity index (χ0v) is 16.4. The van der Waals surface area contributed by atoms with Gasteiger partial charge in [-0.2, -0.15) is 0 Å². The highest BCUT2D eigenvalue weighted by Crippen LogP contribution is 2.63. The summed E-state index contributed by atoms with van der Waals surface area (Å²) in [6.07, 6.45) is 0. The molecule has 2 atom stereocenters. The zero-order valence-electron chi connectivity index (χ0n) is 16.4. The summed E-state index contributed by atoms with van der Waals surface area (Å²) in [4.78, 5) is 0. The fourth-order valence-corrected chi connectivity index (χ4v) is 5.06. The van der Waals surface area contributed by atoms with Gasteiger partial charge in [-0.25, -0.2) is 0 Å². The van der Waals surface area contributed by atoms with Crippen molar-refractivity contribution in [3.05, 3.63) is 81.9 Å². The second-order valence-corrected chi connectivity index (χ2v) is 7.09. The third kappa shape index (κ3) is 2.00. The lowest BCUT2D eigenvalue weighted by atomic mass is 9.60. The Balaban J connectivity index is 1.95. The first-order valence-corrected chi connectivity index (χ1v) is 9.33. The van der Waals surface area contributed by atoms with E-state index in [-0.39, 0.29) is 11.8 Å². The van der Waals surface area contributed by atoms with Gasteiger partial charge in [-0.15, -0.1) is 0 Å². The number of benzene rings is 3. The van der Waals surface area contributed by atoms with Crippen molar-refractivity contribution in [3.8, 4) is 23.0 Å². The van der Waals surface area contributed by atoms with Gasteiger partial charge in [0.25, 0.3) is 0 Å². The molecular formula is C24H22O4. The van der Waals surface area contributed by atoms with E-state index >= 15 is 0 Å². The second kappa shape index (κ2) is 6.20. The van der Waals surface area contributed by atoms with Crippen LogP contribution in [-0.4, -0.2) is 28.4 Å². The molecule has 0 heterocycles. The summed E-state index contributed by atoms with van der Waals surface area (Å²) in [6.45, 7) is 0. The first-order valence-electron chi connectivity index (χ1n) is 9.33. The molecule has 4 nitrogen and oxygen atoms in total. The van der Waals surface area contributed by atoms with Gasteiger partial charge in [0.2, 0.25) is 0 Å². The smallest absolute Gasteiger partial charge is 0.123 e. The van der Waals surface area contributed by atoms with E-state index in [9.17, 15) is 0 Å². The minimum atomic E-state index is 0.00120. The van der Waals surface area contributed by atoms with Gasteiger partial charge in [0.1, 0.15) is 23.0 Å². The molecule has 0 saturated carbocycles. The van der Waals surface area contributed by atoms with Crippen LogP contribution in [0.4, 0.5) is 0 Å². The molecule has 0 amide bonds. The predicted octanol–water partition coefficient (Wildman–Crippen LogP) is 4.71. The van der Waals surface area contributed by atoms with Crippen molar-refractivity contribution >= 4 is 0 Å². The van der Waals surface area contributed by atoms with E-state index < -0.39 is 0 Å². The Kier molecular flexibility index (Phi) is 3.76. The molecule has 2 unspecified atom stereocenters. The van der Waals surface area contributed by atoms with Crippen molar-refractivity contribution in [3.63, 3.8) is 0 Å². The molecule has 0 aliphatic heterocycles. The van der Waals surface area contributed by atoms with Crippen LogP contribution in [-0.2, 0) is 0 Å². The quantitative estimate of drug-likeness (QED) is 0.457. The Morgan fingerprint density at radius 1 is 0.464 bits per heavy atom. The van der Waals surface area contributed by atoms with Crippen molar-refractivity contribution in [2.75, 3.05) is 28.4 Å². The molecule has 0 spiro atoms. The lowest BCUT2D eigenvalue weighted by Crippen LogP contribution is -2.29. The van der Waals surface area contributed by atoms with Crippen LogP contribution in [0, 0.1) is 0 Å². The number of hydrogen-bond acceptors (Lipinski definition) is 4. The lowest BCUT2D eigenvalue weighted by molar-refractivity contribution is 0.380. The van der Waals surface area contributed by atoms with Crippen LogP contribution < -0.4 is 18.9 Å². The van der Waals surface area contributed by atoms with E-state index in [1.165, 1.54) is 22.3 Å². The molecule has 0 radical (unpaired) electrons. The fraction of sp³-hybridized carbons (Fsp3) is 0.250. The number of ether oxygens (including phenoxy) is 4. The second-order valence-electron chi connectivity index (χ2n) is 7.09. The highest BCUT2D eigenvalue weighted by Gasteiger charge is 2.47. The van der Waals surface area contributed by atoms with E-state index in [0.717, 1.165) is 34.1 Å². The van der Waals surface area contributed by atoms with Crippen LogP contribution >= 0.6 is 0 Å². The van der Waals surface area contributed by atoms with Crippen LogP contribution in [0.15, 0.2) is 48.5 Å². The van der Waals surface area contributed by atoms with Gasteiger partial charge in [-0.1, -0.05) is 24.3 Å². The van der Waals surface area contributed by atoms with E-state index in [0.29, 0.717) is 0 Å². The van der Waals surface area contributed by atoms with Gasteiger partial charge in [0.05, 0.1) is 28.4 Å². The van der Waals surface area contributed by atoms with Gasteiger partial charge in [-0.3, -0.25) is 0 Å². The summed E-state index contributed by atoms with van der Waals surface area (Å²) in [5, 5.41) is 0. The Morgan fingerprint density at radius 2 is 0.821 bits per heavy atom. The Morgan fingerprint density at radius 3 is 1.18 bits per heavy atom. The molecule has 4 heteroatoms. The Hall–Kier alpha value is -3.14. The van der Waals surface area contributed by atoms with Crippen LogP contribution in [0.1, 0.15) is 45.2 Å². The SMILES string of the molecule is COc1cccc2c1C1c3cccc(OC)c3C2c2c(OC)ccc(OC)c21. The maximum Gasteiger partial charge on any atom is 0.123 e. The first kappa shape index (κ1) is 17.0. The highest BCUT2D eigenvalue weighted by atomic mass is 16.5. The Labute approximate surface area is 164 Å². The van der Waals surface area contributed by atoms with Crippen LogP contribution in [0.25, 0.3) is 0 Å². The molecule has 0 N–H and O–H groups in total. The van der Waals surface area contributed by atoms with Gasteiger partial charge in [0, 0.05) is 34.1 Å². The minimum absolute atomic E-state index is 0.00120. The molecule has 142 valence electrons. The molecule has 3 aliphatic carbocycles. The van der Waals surface area contributed by atoms with E-state index in [2.05, 4.69) is 24.3 Å². The van der Waals surface area contributed by atoms with Gasteiger partial charge >= 0.3 is 0 Å². The number of methoxy groups -OCH3 is 4. The largest absolute Gasteiger partial charge is 0.496 e. The molecule has 3 aliphatic rings. The van der Waals surface area contributed by atoms with Crippen molar-refractivity contribution in [2.45, 2.75) is 11.8 Å². The lowest BCUT2D eigenvalue weighted by Gasteiger charge is -2.44. The molecule has 0 saturated heterocycles. The van der Waals surface area contributed by atoms with Crippen LogP contribution in [0.5, 0.6) is 23.0 Å². The van der Waals surface area contributed by atoms with Gasteiger partial charge in [-0.05, 0) is 35.4 Å². The maximum absolute atomic E-state index is 5.80. The summed E-state index contributed by atoms with van der Waals surface area (Å²) >= 11 is 0. The first-order chi connectivity index (χ1) is 13.7. The summed E-state index contributed by atoms with van der Waals surface area (Å²) in [5.74, 6) is 3.54. The number of rotatable bonds is 4. The predicted molar refractivity (Wildman–Crippen MR) is 107 cm³/mol. The van der Waals surface area contributed by atoms with E-state index in [1.54, 1.807) is 28.4 Å². The van der Waals surface area contributed by atoms with Crippen molar-refractivity contribution < 1.29 is 18.9 Å². The summed E-state index contributed by atoms with van der Waals surface area (Å²) in [7, 11) is 6.90. The molecular weight excluding hydrogens is 352 g/mol. The summed E-state index contributed by atoms with van der Waals surface area (Å²) in [5.41, 5.74) is 7.19. The average molecular weight is 374 g/mol. The third-order valence-electron chi connectivity index (χ3n) is 6.06. The van der Waals surface area contributed by atoms with Gasteiger partial charge in [0.15, 0.2) is 0 Å². The zero-order chi connectivity index (χ0) is 19.4. The van der Waals surface area contributed by atoms with E-state index in [1.807, 2.05) is 24.3 Å². The summed E-state index contributed by atoms with van der Waals surface area (Å²) < 4.78 is 23.2. The molecule has 3 aromatic carbocycles. The highest BCUT2D eigenvalue weighted by molar-refractivity contribution is 5.76. The normalized spacial score (nSPS) is 18.0. The molecule has 3 aromatic rings. The van der Waals surface area contributed by atoms with Crippen LogP contribution in [0.3, 0.4) is 0 Å². The molecule has 6 rings (SSSR count). The van der Waals surface area contributed by atoms with Gasteiger partial charge < -0.3 is 18.9 Å². The average Bonchev–Trinajstić information content (AvgIpc) is 2.76. The monoisotopic (exact) mass is 374 g/mol. The minimum Gasteiger partial charge on any atom is -0.496 e. The number of hydrogen-bond donors (Lipinski definition) is 0. The summed E-state index contributed by atoms with van der Waals surface area (Å²) in [6, 6.07) is 16.5. The van der Waals surface area contributed by atoms with Crippen molar-refractivity contribution in [2.24, 2.45) is 0 Å². The molecule has 0 aromatic heterocycles. The molecule has 2 bridgehead atoms.